The SMILES string of the molecule is C=CC(C)(Cc1ccc(Cl)cc1F)C(=O)OCC. The summed E-state index contributed by atoms with van der Waals surface area (Å²) in [5, 5.41) is 0.327. The third-order valence-electron chi connectivity index (χ3n) is 2.77. The van der Waals surface area contributed by atoms with E-state index in [2.05, 4.69) is 6.58 Å². The molecule has 0 N–H and O–H groups in total. The van der Waals surface area contributed by atoms with Crippen molar-refractivity contribution < 1.29 is 13.9 Å². The van der Waals surface area contributed by atoms with Crippen molar-refractivity contribution in [3.63, 3.8) is 0 Å². The third kappa shape index (κ3) is 3.33. The van der Waals surface area contributed by atoms with Gasteiger partial charge in [0.05, 0.1) is 12.0 Å². The molecule has 0 aliphatic rings. The van der Waals surface area contributed by atoms with Crippen LogP contribution in [0.5, 0.6) is 0 Å². The third-order valence-corrected chi connectivity index (χ3v) is 3.00. The number of carbonyl (C=O) groups is 1. The lowest BCUT2D eigenvalue weighted by Crippen LogP contribution is -2.30. The smallest absolute Gasteiger partial charge is 0.315 e. The van der Waals surface area contributed by atoms with Crippen LogP contribution in [0, 0.1) is 11.2 Å². The first-order valence-electron chi connectivity index (χ1n) is 5.67. The summed E-state index contributed by atoms with van der Waals surface area (Å²) in [6, 6.07) is 4.39. The van der Waals surface area contributed by atoms with E-state index in [4.69, 9.17) is 16.3 Å². The highest BCUT2D eigenvalue weighted by molar-refractivity contribution is 6.30. The lowest BCUT2D eigenvalue weighted by atomic mass is 9.83. The Morgan fingerprint density at radius 2 is 2.28 bits per heavy atom. The first-order valence-corrected chi connectivity index (χ1v) is 6.05. The van der Waals surface area contributed by atoms with Gasteiger partial charge in [-0.1, -0.05) is 23.7 Å². The fourth-order valence-electron chi connectivity index (χ4n) is 1.58. The highest BCUT2D eigenvalue weighted by Crippen LogP contribution is 2.28. The maximum atomic E-state index is 13.7. The largest absolute Gasteiger partial charge is 0.465 e. The quantitative estimate of drug-likeness (QED) is 0.601. The fraction of sp³-hybridized carbons (Fsp3) is 0.357. The number of hydrogen-bond acceptors (Lipinski definition) is 2. The van der Waals surface area contributed by atoms with E-state index in [1.54, 1.807) is 26.0 Å². The van der Waals surface area contributed by atoms with Gasteiger partial charge >= 0.3 is 5.97 Å². The van der Waals surface area contributed by atoms with E-state index in [1.165, 1.54) is 12.1 Å². The van der Waals surface area contributed by atoms with Gasteiger partial charge in [-0.05, 0) is 38.0 Å². The second-order valence-electron chi connectivity index (χ2n) is 4.25. The molecule has 0 aromatic heterocycles. The zero-order valence-electron chi connectivity index (χ0n) is 10.5. The van der Waals surface area contributed by atoms with Crippen LogP contribution in [0.3, 0.4) is 0 Å². The van der Waals surface area contributed by atoms with Gasteiger partial charge in [0, 0.05) is 5.02 Å². The maximum Gasteiger partial charge on any atom is 0.315 e. The Morgan fingerprint density at radius 3 is 2.78 bits per heavy atom. The van der Waals surface area contributed by atoms with E-state index < -0.39 is 17.2 Å². The Bertz CT molecular complexity index is 459. The molecule has 18 heavy (non-hydrogen) atoms. The molecule has 2 nitrogen and oxygen atoms in total. The molecule has 0 saturated heterocycles. The lowest BCUT2D eigenvalue weighted by molar-refractivity contribution is -0.151. The normalized spacial score (nSPS) is 13.8. The Balaban J connectivity index is 2.98. The molecule has 0 aliphatic carbocycles. The second kappa shape index (κ2) is 6.01. The predicted molar refractivity (Wildman–Crippen MR) is 70.1 cm³/mol. The minimum atomic E-state index is -0.940. The summed E-state index contributed by atoms with van der Waals surface area (Å²) in [6.07, 6.45) is 1.68. The van der Waals surface area contributed by atoms with E-state index in [9.17, 15) is 9.18 Å². The van der Waals surface area contributed by atoms with Gasteiger partial charge in [-0.25, -0.2) is 4.39 Å². The van der Waals surface area contributed by atoms with Crippen LogP contribution in [0.1, 0.15) is 19.4 Å². The molecule has 4 heteroatoms. The number of halogens is 2. The summed E-state index contributed by atoms with van der Waals surface area (Å²) in [5.74, 6) is -0.839. The molecular weight excluding hydrogens is 255 g/mol. The average Bonchev–Trinajstić information content (AvgIpc) is 2.33. The number of rotatable bonds is 5. The Morgan fingerprint density at radius 1 is 1.61 bits per heavy atom. The van der Waals surface area contributed by atoms with E-state index in [-0.39, 0.29) is 13.0 Å². The van der Waals surface area contributed by atoms with Gasteiger partial charge in [0.1, 0.15) is 5.82 Å². The summed E-state index contributed by atoms with van der Waals surface area (Å²) in [5.41, 5.74) is -0.528. The Kier molecular flexibility index (Phi) is 4.91. The molecule has 0 amide bonds. The van der Waals surface area contributed by atoms with Crippen LogP contribution >= 0.6 is 11.6 Å². The molecule has 0 bridgehead atoms. The van der Waals surface area contributed by atoms with Gasteiger partial charge in [-0.3, -0.25) is 4.79 Å². The molecule has 1 atom stereocenters. The molecule has 1 aromatic rings. The monoisotopic (exact) mass is 270 g/mol. The minimum absolute atomic E-state index is 0.193. The van der Waals surface area contributed by atoms with Crippen molar-refractivity contribution in [3.8, 4) is 0 Å². The van der Waals surface area contributed by atoms with Crippen LogP contribution in [-0.4, -0.2) is 12.6 Å². The van der Waals surface area contributed by atoms with Crippen molar-refractivity contribution in [3.05, 3.63) is 47.3 Å². The van der Waals surface area contributed by atoms with Crippen molar-refractivity contribution in [2.45, 2.75) is 20.3 Å². The van der Waals surface area contributed by atoms with Crippen molar-refractivity contribution in [2.24, 2.45) is 5.41 Å². The van der Waals surface area contributed by atoms with Crippen molar-refractivity contribution >= 4 is 17.6 Å². The molecule has 0 fully saturated rings. The number of ether oxygens (including phenoxy) is 1. The van der Waals surface area contributed by atoms with Crippen LogP contribution in [0.15, 0.2) is 30.9 Å². The van der Waals surface area contributed by atoms with Gasteiger partial charge in [0.15, 0.2) is 0 Å². The second-order valence-corrected chi connectivity index (χ2v) is 4.69. The maximum absolute atomic E-state index is 13.7. The summed E-state index contributed by atoms with van der Waals surface area (Å²) in [6.45, 7) is 7.31. The summed E-state index contributed by atoms with van der Waals surface area (Å²) in [4.78, 5) is 11.8. The molecule has 1 unspecified atom stereocenters. The first-order chi connectivity index (χ1) is 8.42. The van der Waals surface area contributed by atoms with Crippen LogP contribution < -0.4 is 0 Å². The van der Waals surface area contributed by atoms with Gasteiger partial charge < -0.3 is 4.74 Å². The Hall–Kier alpha value is -1.35. The van der Waals surface area contributed by atoms with E-state index in [0.29, 0.717) is 10.6 Å². The summed E-state index contributed by atoms with van der Waals surface area (Å²) in [7, 11) is 0. The van der Waals surface area contributed by atoms with E-state index in [1.807, 2.05) is 0 Å². The van der Waals surface area contributed by atoms with Gasteiger partial charge in [0.25, 0.3) is 0 Å². The predicted octanol–water partition coefficient (Wildman–Crippen LogP) is 3.78. The lowest BCUT2D eigenvalue weighted by Gasteiger charge is -2.23. The number of hydrogen-bond donors (Lipinski definition) is 0. The minimum Gasteiger partial charge on any atom is -0.465 e. The van der Waals surface area contributed by atoms with E-state index in [0.717, 1.165) is 0 Å². The van der Waals surface area contributed by atoms with Crippen LogP contribution in [0.25, 0.3) is 0 Å². The highest BCUT2D eigenvalue weighted by atomic mass is 35.5. The summed E-state index contributed by atoms with van der Waals surface area (Å²) < 4.78 is 18.7. The molecule has 98 valence electrons. The number of benzene rings is 1. The number of esters is 1. The fourth-order valence-corrected chi connectivity index (χ4v) is 1.74. The molecule has 1 rings (SSSR count). The zero-order chi connectivity index (χ0) is 13.8. The molecule has 0 aliphatic heterocycles. The van der Waals surface area contributed by atoms with Crippen LogP contribution in [0.2, 0.25) is 5.02 Å². The first kappa shape index (κ1) is 14.7. The standard InChI is InChI=1S/C14H16ClFO2/c1-4-14(3,13(17)18-5-2)9-10-6-7-11(15)8-12(10)16/h4,6-8H,1,5,9H2,2-3H3. The van der Waals surface area contributed by atoms with E-state index >= 15 is 0 Å². The molecule has 0 heterocycles. The van der Waals surface area contributed by atoms with Crippen molar-refractivity contribution in [2.75, 3.05) is 6.61 Å². The van der Waals surface area contributed by atoms with Gasteiger partial charge in [0.2, 0.25) is 0 Å². The molecule has 1 aromatic carbocycles. The molecule has 0 spiro atoms. The molecule has 0 saturated carbocycles. The van der Waals surface area contributed by atoms with Gasteiger partial charge in [-0.15, -0.1) is 6.58 Å². The van der Waals surface area contributed by atoms with Crippen LogP contribution in [0.4, 0.5) is 4.39 Å². The van der Waals surface area contributed by atoms with Crippen LogP contribution in [-0.2, 0) is 16.0 Å². The highest BCUT2D eigenvalue weighted by Gasteiger charge is 2.32. The molecular formula is C14H16ClFO2. The zero-order valence-corrected chi connectivity index (χ0v) is 11.3. The topological polar surface area (TPSA) is 26.3 Å². The van der Waals surface area contributed by atoms with Gasteiger partial charge in [-0.2, -0.15) is 0 Å². The number of carbonyl (C=O) groups excluding carboxylic acids is 1. The molecule has 0 radical (unpaired) electrons. The summed E-state index contributed by atoms with van der Waals surface area (Å²) >= 11 is 5.68. The Labute approximate surface area is 111 Å². The average molecular weight is 271 g/mol. The van der Waals surface area contributed by atoms with Crippen molar-refractivity contribution in [1.82, 2.24) is 0 Å². The van der Waals surface area contributed by atoms with Crippen molar-refractivity contribution in [1.29, 1.82) is 0 Å².